The van der Waals surface area contributed by atoms with Crippen LogP contribution in [0.4, 0.5) is 5.82 Å². The molecule has 4 heterocycles. The number of nitrogens with zero attached hydrogens (tertiary/aromatic N) is 2. The van der Waals surface area contributed by atoms with Crippen molar-refractivity contribution in [2.45, 2.75) is 58.4 Å². The van der Waals surface area contributed by atoms with Crippen LogP contribution in [0.15, 0.2) is 41.3 Å². The fraction of sp³-hybridized carbons (Fsp3) is 0.375. The summed E-state index contributed by atoms with van der Waals surface area (Å²) in [6.45, 7) is 6.35. The largest absolute Gasteiger partial charge is 0.359 e. The van der Waals surface area contributed by atoms with Crippen LogP contribution in [0.2, 0.25) is 0 Å². The molecule has 2 aliphatic rings. The van der Waals surface area contributed by atoms with E-state index in [-0.39, 0.29) is 23.3 Å². The number of hydrogen-bond donors (Lipinski definition) is 3. The van der Waals surface area contributed by atoms with Crippen molar-refractivity contribution in [3.05, 3.63) is 79.0 Å². The molecule has 0 saturated heterocycles. The van der Waals surface area contributed by atoms with Crippen LogP contribution >= 0.6 is 11.3 Å². The van der Waals surface area contributed by atoms with Crippen molar-refractivity contribution in [3.63, 3.8) is 0 Å². The SMILES string of the molecule is Cc1cccc([C@@H](C)Nc2ncc3n(c2=O)[C@H](C(=O)NCc2cc4c(s2)CNC4)CC3)c1. The molecular formula is C24H27N5O2S. The molecule has 1 aromatic carbocycles. The van der Waals surface area contributed by atoms with Gasteiger partial charge in [0.15, 0.2) is 5.82 Å². The van der Waals surface area contributed by atoms with Gasteiger partial charge in [0.05, 0.1) is 12.6 Å². The maximum Gasteiger partial charge on any atom is 0.294 e. The summed E-state index contributed by atoms with van der Waals surface area (Å²) in [7, 11) is 0. The highest BCUT2D eigenvalue weighted by molar-refractivity contribution is 7.12. The molecule has 0 unspecified atom stereocenters. The van der Waals surface area contributed by atoms with E-state index in [0.717, 1.165) is 29.2 Å². The Hall–Kier alpha value is -2.97. The van der Waals surface area contributed by atoms with Gasteiger partial charge in [-0.15, -0.1) is 11.3 Å². The van der Waals surface area contributed by atoms with Crippen molar-refractivity contribution < 1.29 is 4.79 Å². The summed E-state index contributed by atoms with van der Waals surface area (Å²) in [5, 5.41) is 9.61. The summed E-state index contributed by atoms with van der Waals surface area (Å²) < 4.78 is 1.62. The van der Waals surface area contributed by atoms with Gasteiger partial charge in [-0.1, -0.05) is 29.8 Å². The number of fused-ring (bicyclic) bond motifs is 2. The van der Waals surface area contributed by atoms with Crippen molar-refractivity contribution in [3.8, 4) is 0 Å². The maximum absolute atomic E-state index is 13.2. The molecule has 8 heteroatoms. The Morgan fingerprint density at radius 3 is 3.03 bits per heavy atom. The normalized spacial score (nSPS) is 17.6. The molecule has 0 radical (unpaired) electrons. The minimum atomic E-state index is -0.496. The Bertz CT molecular complexity index is 1210. The maximum atomic E-state index is 13.2. The van der Waals surface area contributed by atoms with Crippen molar-refractivity contribution in [2.24, 2.45) is 0 Å². The molecule has 3 N–H and O–H groups in total. The molecule has 0 aliphatic carbocycles. The van der Waals surface area contributed by atoms with E-state index in [1.54, 1.807) is 22.1 Å². The van der Waals surface area contributed by atoms with Gasteiger partial charge >= 0.3 is 0 Å². The number of aryl methyl sites for hydroxylation is 2. The van der Waals surface area contributed by atoms with Crippen LogP contribution in [0.3, 0.4) is 0 Å². The van der Waals surface area contributed by atoms with Gasteiger partial charge in [0, 0.05) is 34.7 Å². The number of carbonyl (C=O) groups excluding carboxylic acids is 1. The highest BCUT2D eigenvalue weighted by atomic mass is 32.1. The second-order valence-corrected chi connectivity index (χ2v) is 9.81. The van der Waals surface area contributed by atoms with Crippen LogP contribution in [-0.2, 0) is 30.8 Å². The summed E-state index contributed by atoms with van der Waals surface area (Å²) >= 11 is 1.74. The summed E-state index contributed by atoms with van der Waals surface area (Å²) in [6.07, 6.45) is 3.01. The lowest BCUT2D eigenvalue weighted by molar-refractivity contribution is -0.124. The summed E-state index contributed by atoms with van der Waals surface area (Å²) in [6, 6.07) is 9.76. The summed E-state index contributed by atoms with van der Waals surface area (Å²) in [5.74, 6) is 0.172. The fourth-order valence-corrected chi connectivity index (χ4v) is 5.63. The quantitative estimate of drug-likeness (QED) is 0.538. The predicted octanol–water partition coefficient (Wildman–Crippen LogP) is 3.19. The van der Waals surface area contributed by atoms with E-state index in [1.165, 1.54) is 16.0 Å². The molecule has 0 spiro atoms. The molecule has 2 aromatic heterocycles. The van der Waals surface area contributed by atoms with E-state index in [0.29, 0.717) is 19.4 Å². The van der Waals surface area contributed by atoms with E-state index < -0.39 is 6.04 Å². The predicted molar refractivity (Wildman–Crippen MR) is 126 cm³/mol. The van der Waals surface area contributed by atoms with Crippen molar-refractivity contribution in [2.75, 3.05) is 5.32 Å². The number of thiophene rings is 1. The molecule has 7 nitrogen and oxygen atoms in total. The number of amides is 1. The van der Waals surface area contributed by atoms with E-state index in [2.05, 4.69) is 33.1 Å². The molecule has 2 aliphatic heterocycles. The number of rotatable bonds is 6. The van der Waals surface area contributed by atoms with Crippen molar-refractivity contribution in [1.82, 2.24) is 20.2 Å². The van der Waals surface area contributed by atoms with Crippen LogP contribution in [0.5, 0.6) is 0 Å². The van der Waals surface area contributed by atoms with Gasteiger partial charge in [-0.25, -0.2) is 4.98 Å². The van der Waals surface area contributed by atoms with Crippen LogP contribution in [0.1, 0.15) is 57.6 Å². The third-order valence-electron chi connectivity index (χ3n) is 6.24. The number of aromatic nitrogens is 2. The Morgan fingerprint density at radius 2 is 2.22 bits per heavy atom. The average molecular weight is 450 g/mol. The lowest BCUT2D eigenvalue weighted by Crippen LogP contribution is -2.36. The van der Waals surface area contributed by atoms with Gasteiger partial charge in [0.2, 0.25) is 5.91 Å². The Kier molecular flexibility index (Phi) is 5.57. The van der Waals surface area contributed by atoms with Crippen LogP contribution in [0, 0.1) is 6.92 Å². The summed E-state index contributed by atoms with van der Waals surface area (Å²) in [4.78, 5) is 33.1. The van der Waals surface area contributed by atoms with Gasteiger partial charge in [0.25, 0.3) is 5.56 Å². The lowest BCUT2D eigenvalue weighted by atomic mass is 10.1. The molecule has 3 aromatic rings. The smallest absolute Gasteiger partial charge is 0.294 e. The van der Waals surface area contributed by atoms with Gasteiger partial charge in [-0.2, -0.15) is 0 Å². The zero-order valence-corrected chi connectivity index (χ0v) is 19.1. The number of carbonyl (C=O) groups is 1. The first-order valence-electron chi connectivity index (χ1n) is 11.0. The van der Waals surface area contributed by atoms with Gasteiger partial charge in [-0.05, 0) is 43.9 Å². The highest BCUT2D eigenvalue weighted by Gasteiger charge is 2.31. The first kappa shape index (κ1) is 20.9. The fourth-order valence-electron chi connectivity index (χ4n) is 4.53. The van der Waals surface area contributed by atoms with E-state index in [1.807, 2.05) is 32.0 Å². The molecule has 0 fully saturated rings. The van der Waals surface area contributed by atoms with Gasteiger partial charge in [-0.3, -0.25) is 14.2 Å². The molecule has 0 saturated carbocycles. The molecule has 166 valence electrons. The Balaban J connectivity index is 1.31. The lowest BCUT2D eigenvalue weighted by Gasteiger charge is -2.18. The first-order chi connectivity index (χ1) is 15.5. The van der Waals surface area contributed by atoms with Crippen molar-refractivity contribution in [1.29, 1.82) is 0 Å². The van der Waals surface area contributed by atoms with E-state index in [4.69, 9.17) is 0 Å². The zero-order chi connectivity index (χ0) is 22.2. The number of hydrogen-bond acceptors (Lipinski definition) is 6. The topological polar surface area (TPSA) is 88.0 Å². The van der Waals surface area contributed by atoms with Crippen LogP contribution < -0.4 is 21.5 Å². The second-order valence-electron chi connectivity index (χ2n) is 8.59. The number of benzene rings is 1. The van der Waals surface area contributed by atoms with Gasteiger partial charge in [0.1, 0.15) is 6.04 Å². The third kappa shape index (κ3) is 3.96. The molecule has 0 bridgehead atoms. The Labute approximate surface area is 190 Å². The standard InChI is InChI=1S/C24H27N5O2S/c1-14-4-3-5-16(8-14)15(2)28-22-24(31)29-18(11-26-22)6-7-20(29)23(30)27-12-19-9-17-10-25-13-21(17)32-19/h3-5,8-9,11,15,20,25H,6-7,10,12-13H2,1-2H3,(H,26,28)(H,27,30)/t15-,20+/m1/s1. The molecule has 2 atom stereocenters. The average Bonchev–Trinajstić information content (AvgIpc) is 3.49. The monoisotopic (exact) mass is 449 g/mol. The van der Waals surface area contributed by atoms with E-state index in [9.17, 15) is 9.59 Å². The molecule has 32 heavy (non-hydrogen) atoms. The summed E-state index contributed by atoms with van der Waals surface area (Å²) in [5.41, 5.74) is 4.15. The third-order valence-corrected chi connectivity index (χ3v) is 7.42. The highest BCUT2D eigenvalue weighted by Crippen LogP contribution is 2.28. The number of anilines is 1. The minimum Gasteiger partial charge on any atom is -0.359 e. The molecule has 1 amide bonds. The van der Waals surface area contributed by atoms with Crippen molar-refractivity contribution >= 4 is 23.1 Å². The number of nitrogens with one attached hydrogen (secondary N) is 3. The van der Waals surface area contributed by atoms with Crippen LogP contribution in [-0.4, -0.2) is 15.5 Å². The zero-order valence-electron chi connectivity index (χ0n) is 18.3. The molecule has 5 rings (SSSR count). The Morgan fingerprint density at radius 1 is 1.34 bits per heavy atom. The first-order valence-corrected chi connectivity index (χ1v) is 11.8. The van der Waals surface area contributed by atoms with E-state index >= 15 is 0 Å². The minimum absolute atomic E-state index is 0.0716. The van der Waals surface area contributed by atoms with Crippen LogP contribution in [0.25, 0.3) is 0 Å². The van der Waals surface area contributed by atoms with Gasteiger partial charge < -0.3 is 16.0 Å². The second kappa shape index (κ2) is 8.52. The molecular weight excluding hydrogens is 422 g/mol.